The summed E-state index contributed by atoms with van der Waals surface area (Å²) in [5.41, 5.74) is 3.29. The van der Waals surface area contributed by atoms with Gasteiger partial charge >= 0.3 is 0 Å². The Balaban J connectivity index is 1.38. The molecular formula is C31H38FN5O2S. The number of aromatic nitrogens is 2. The number of nitrogens with one attached hydrogen (secondary N) is 1. The SMILES string of the molecule is C=C(c1cc[nH]c1N=C/C=C\C)N1CCC(N(C)c2ccc(C(CC)CS(=O)(=O)Cc3cccc(F)c3)cn2)C1. The summed E-state index contributed by atoms with van der Waals surface area (Å²) >= 11 is 0. The van der Waals surface area contributed by atoms with Crippen molar-refractivity contribution in [3.8, 4) is 0 Å². The number of hydrogen-bond donors (Lipinski definition) is 1. The number of sulfone groups is 1. The minimum absolute atomic E-state index is 0.00348. The second kappa shape index (κ2) is 13.1. The quantitative estimate of drug-likeness (QED) is 0.269. The summed E-state index contributed by atoms with van der Waals surface area (Å²) in [5.74, 6) is 0.850. The Bertz CT molecular complexity index is 1460. The van der Waals surface area contributed by atoms with Crippen molar-refractivity contribution in [2.24, 2.45) is 4.99 Å². The van der Waals surface area contributed by atoms with E-state index in [2.05, 4.69) is 26.4 Å². The highest BCUT2D eigenvalue weighted by Gasteiger charge is 2.29. The van der Waals surface area contributed by atoms with Gasteiger partial charge in [-0.25, -0.2) is 22.8 Å². The summed E-state index contributed by atoms with van der Waals surface area (Å²) in [6, 6.07) is 12.0. The maximum absolute atomic E-state index is 13.5. The van der Waals surface area contributed by atoms with E-state index in [4.69, 9.17) is 4.98 Å². The first-order chi connectivity index (χ1) is 19.2. The second-order valence-electron chi connectivity index (χ2n) is 10.2. The van der Waals surface area contributed by atoms with Crippen LogP contribution in [0.1, 0.15) is 49.3 Å². The van der Waals surface area contributed by atoms with Gasteiger partial charge in [0.05, 0.1) is 11.5 Å². The zero-order valence-electron chi connectivity index (χ0n) is 23.4. The fourth-order valence-electron chi connectivity index (χ4n) is 5.11. The molecule has 2 aromatic heterocycles. The molecule has 0 amide bonds. The molecule has 0 spiro atoms. The van der Waals surface area contributed by atoms with Crippen molar-refractivity contribution in [1.82, 2.24) is 14.9 Å². The van der Waals surface area contributed by atoms with Crippen LogP contribution < -0.4 is 4.90 Å². The van der Waals surface area contributed by atoms with Crippen LogP contribution in [-0.4, -0.2) is 61.4 Å². The van der Waals surface area contributed by atoms with E-state index in [1.807, 2.05) is 57.4 Å². The van der Waals surface area contributed by atoms with E-state index in [0.29, 0.717) is 12.0 Å². The minimum Gasteiger partial charge on any atom is -0.369 e. The van der Waals surface area contributed by atoms with Crippen molar-refractivity contribution in [3.63, 3.8) is 0 Å². The predicted octanol–water partition coefficient (Wildman–Crippen LogP) is 6.12. The third-order valence-corrected chi connectivity index (χ3v) is 9.12. The van der Waals surface area contributed by atoms with E-state index >= 15 is 0 Å². The highest BCUT2D eigenvalue weighted by Crippen LogP contribution is 2.31. The number of aromatic amines is 1. The third kappa shape index (κ3) is 7.27. The molecule has 1 aliphatic rings. The molecule has 0 radical (unpaired) electrons. The van der Waals surface area contributed by atoms with E-state index in [0.717, 1.165) is 48.0 Å². The van der Waals surface area contributed by atoms with Crippen LogP contribution in [0, 0.1) is 5.82 Å². The minimum atomic E-state index is -3.43. The van der Waals surface area contributed by atoms with Gasteiger partial charge in [0.2, 0.25) is 0 Å². The Labute approximate surface area is 237 Å². The second-order valence-corrected chi connectivity index (χ2v) is 12.3. The molecule has 0 aliphatic carbocycles. The lowest BCUT2D eigenvalue weighted by molar-refractivity contribution is 0.482. The molecular weight excluding hydrogens is 525 g/mol. The zero-order valence-corrected chi connectivity index (χ0v) is 24.2. The molecule has 2 unspecified atom stereocenters. The molecule has 0 bridgehead atoms. The summed E-state index contributed by atoms with van der Waals surface area (Å²) in [7, 11) is -1.38. The number of nitrogens with zero attached hydrogens (tertiary/aromatic N) is 4. The van der Waals surface area contributed by atoms with Gasteiger partial charge in [-0.3, -0.25) is 0 Å². The number of aliphatic imine (C=N–C) groups is 1. The van der Waals surface area contributed by atoms with E-state index in [9.17, 15) is 12.8 Å². The van der Waals surface area contributed by atoms with Gasteiger partial charge in [0, 0.05) is 56.0 Å². The van der Waals surface area contributed by atoms with Gasteiger partial charge in [-0.05, 0) is 67.2 Å². The Kier molecular flexibility index (Phi) is 9.58. The number of benzene rings is 1. The predicted molar refractivity (Wildman–Crippen MR) is 162 cm³/mol. The summed E-state index contributed by atoms with van der Waals surface area (Å²) in [5, 5.41) is 0. The standard InChI is InChI=1S/C31H38FN5O2S/c1-5-7-15-33-31-29(13-16-34-31)23(3)37-17-14-28(20-37)36(4)30-12-11-26(19-35-30)25(6-2)22-40(38,39)21-24-9-8-10-27(32)18-24/h5,7-13,15-16,18-19,25,28,34H,3,6,14,17,20-22H2,1-2,4H3/b7-5-,33-15?. The Morgan fingerprint density at radius 2 is 2.15 bits per heavy atom. The summed E-state index contributed by atoms with van der Waals surface area (Å²) in [6.07, 6.45) is 10.9. The van der Waals surface area contributed by atoms with E-state index in [-0.39, 0.29) is 23.5 Å². The van der Waals surface area contributed by atoms with Gasteiger partial charge in [-0.15, -0.1) is 0 Å². The number of rotatable bonds is 12. The molecule has 0 saturated carbocycles. The molecule has 212 valence electrons. The van der Waals surface area contributed by atoms with Gasteiger partial charge in [0.25, 0.3) is 0 Å². The number of likely N-dealkylation sites (tertiary alicyclic amines) is 1. The van der Waals surface area contributed by atoms with Crippen LogP contribution in [-0.2, 0) is 15.6 Å². The normalized spacial score (nSPS) is 16.7. The van der Waals surface area contributed by atoms with Crippen LogP contribution in [0.3, 0.4) is 0 Å². The molecule has 1 saturated heterocycles. The van der Waals surface area contributed by atoms with Gasteiger partial charge in [-0.2, -0.15) is 0 Å². The molecule has 3 aromatic rings. The van der Waals surface area contributed by atoms with Gasteiger partial charge < -0.3 is 14.8 Å². The number of hydrogen-bond acceptors (Lipinski definition) is 6. The average molecular weight is 564 g/mol. The van der Waals surface area contributed by atoms with Gasteiger partial charge in [-0.1, -0.05) is 37.8 Å². The molecule has 4 rings (SSSR count). The number of H-pyrrole nitrogens is 1. The molecule has 1 aromatic carbocycles. The fraction of sp³-hybridized carbons (Fsp3) is 0.355. The molecule has 9 heteroatoms. The first-order valence-corrected chi connectivity index (χ1v) is 15.4. The van der Waals surface area contributed by atoms with Crippen molar-refractivity contribution in [1.29, 1.82) is 0 Å². The number of pyridine rings is 1. The maximum atomic E-state index is 13.5. The Morgan fingerprint density at radius 3 is 2.85 bits per heavy atom. The van der Waals surface area contributed by atoms with Crippen molar-refractivity contribution in [3.05, 3.63) is 96.1 Å². The van der Waals surface area contributed by atoms with E-state index in [1.54, 1.807) is 18.5 Å². The maximum Gasteiger partial charge on any atom is 0.155 e. The summed E-state index contributed by atoms with van der Waals surface area (Å²) in [4.78, 5) is 16.8. The van der Waals surface area contributed by atoms with Crippen LogP contribution in [0.25, 0.3) is 5.70 Å². The first kappa shape index (κ1) is 29.3. The van der Waals surface area contributed by atoms with Crippen LogP contribution in [0.15, 0.2) is 78.6 Å². The smallest absolute Gasteiger partial charge is 0.155 e. The van der Waals surface area contributed by atoms with E-state index < -0.39 is 15.7 Å². The van der Waals surface area contributed by atoms with Crippen molar-refractivity contribution in [2.45, 2.75) is 44.4 Å². The number of likely N-dealkylation sites (N-methyl/N-ethyl adjacent to an activating group) is 1. The highest BCUT2D eigenvalue weighted by molar-refractivity contribution is 7.90. The van der Waals surface area contributed by atoms with Crippen LogP contribution >= 0.6 is 0 Å². The number of halogens is 1. The fourth-order valence-corrected chi connectivity index (χ4v) is 6.95. The first-order valence-electron chi connectivity index (χ1n) is 13.6. The Hall–Kier alpha value is -3.72. The topological polar surface area (TPSA) is 81.7 Å². The average Bonchev–Trinajstić information content (AvgIpc) is 3.61. The summed E-state index contributed by atoms with van der Waals surface area (Å²) < 4.78 is 39.3. The zero-order chi connectivity index (χ0) is 28.7. The molecule has 7 nitrogen and oxygen atoms in total. The molecule has 40 heavy (non-hydrogen) atoms. The van der Waals surface area contributed by atoms with Crippen molar-refractivity contribution >= 4 is 33.4 Å². The van der Waals surface area contributed by atoms with Crippen LogP contribution in [0.2, 0.25) is 0 Å². The lowest BCUT2D eigenvalue weighted by Crippen LogP contribution is -2.34. The Morgan fingerprint density at radius 1 is 1.32 bits per heavy atom. The molecule has 1 N–H and O–H groups in total. The molecule has 3 heterocycles. The number of allylic oxidation sites excluding steroid dienone is 2. The molecule has 2 atom stereocenters. The third-order valence-electron chi connectivity index (χ3n) is 7.44. The summed E-state index contributed by atoms with van der Waals surface area (Å²) in [6.45, 7) is 9.98. The van der Waals surface area contributed by atoms with Crippen LogP contribution in [0.4, 0.5) is 16.0 Å². The lowest BCUT2D eigenvalue weighted by atomic mass is 10.0. The number of anilines is 1. The monoisotopic (exact) mass is 563 g/mol. The molecule has 1 aliphatic heterocycles. The van der Waals surface area contributed by atoms with E-state index in [1.165, 1.54) is 18.2 Å². The van der Waals surface area contributed by atoms with Crippen LogP contribution in [0.5, 0.6) is 0 Å². The molecule has 1 fully saturated rings. The largest absolute Gasteiger partial charge is 0.369 e. The highest BCUT2D eigenvalue weighted by atomic mass is 32.2. The van der Waals surface area contributed by atoms with Crippen molar-refractivity contribution in [2.75, 3.05) is 30.8 Å². The van der Waals surface area contributed by atoms with Gasteiger partial charge in [0.1, 0.15) is 17.5 Å². The van der Waals surface area contributed by atoms with Gasteiger partial charge in [0.15, 0.2) is 9.84 Å². The van der Waals surface area contributed by atoms with Crippen molar-refractivity contribution < 1.29 is 12.8 Å². The lowest BCUT2D eigenvalue weighted by Gasteiger charge is -2.27.